The van der Waals surface area contributed by atoms with E-state index in [0.29, 0.717) is 22.5 Å². The second-order valence-corrected chi connectivity index (χ2v) is 6.57. The third kappa shape index (κ3) is 2.57. The Hall–Kier alpha value is -1.06. The highest BCUT2D eigenvalue weighted by Gasteiger charge is 2.57. The van der Waals surface area contributed by atoms with Crippen LogP contribution in [0.1, 0.15) is 36.5 Å². The Morgan fingerprint density at radius 3 is 2.50 bits per heavy atom. The molecule has 2 aliphatic rings. The number of hydrogen-bond donors (Lipinski definition) is 2. The highest BCUT2D eigenvalue weighted by molar-refractivity contribution is 6.30. The van der Waals surface area contributed by atoms with Crippen molar-refractivity contribution in [3.8, 4) is 0 Å². The van der Waals surface area contributed by atoms with Crippen LogP contribution in [0.15, 0.2) is 24.3 Å². The topological polar surface area (TPSA) is 55.1 Å². The van der Waals surface area contributed by atoms with Crippen LogP contribution in [0.2, 0.25) is 5.02 Å². The molecule has 1 amide bonds. The van der Waals surface area contributed by atoms with E-state index >= 15 is 0 Å². The fourth-order valence-corrected chi connectivity index (χ4v) is 3.98. The normalized spacial score (nSPS) is 32.5. The predicted molar refractivity (Wildman–Crippen MR) is 80.7 cm³/mol. The number of hydrogen-bond acceptors (Lipinski definition) is 2. The first-order chi connectivity index (χ1) is 9.60. The van der Waals surface area contributed by atoms with Crippen LogP contribution in [-0.4, -0.2) is 18.0 Å². The molecule has 4 heteroatoms. The lowest BCUT2D eigenvalue weighted by Crippen LogP contribution is -2.38. The van der Waals surface area contributed by atoms with Crippen LogP contribution < -0.4 is 11.1 Å². The Labute approximate surface area is 124 Å². The quantitative estimate of drug-likeness (QED) is 0.896. The van der Waals surface area contributed by atoms with Crippen LogP contribution in [0.4, 0.5) is 0 Å². The molecule has 3 N–H and O–H groups in total. The van der Waals surface area contributed by atoms with Gasteiger partial charge in [0.05, 0.1) is 0 Å². The first-order valence-electron chi connectivity index (χ1n) is 7.42. The molecule has 0 heterocycles. The van der Waals surface area contributed by atoms with E-state index in [-0.39, 0.29) is 11.9 Å². The van der Waals surface area contributed by atoms with Crippen molar-refractivity contribution >= 4 is 17.5 Å². The summed E-state index contributed by atoms with van der Waals surface area (Å²) in [6, 6.07) is 7.71. The molecule has 5 atom stereocenters. The van der Waals surface area contributed by atoms with E-state index in [1.807, 2.05) is 0 Å². The van der Waals surface area contributed by atoms with E-state index in [1.165, 1.54) is 0 Å². The summed E-state index contributed by atoms with van der Waals surface area (Å²) in [5.74, 6) is 2.11. The van der Waals surface area contributed by atoms with Crippen LogP contribution in [0, 0.1) is 17.8 Å². The van der Waals surface area contributed by atoms with Crippen LogP contribution >= 0.6 is 11.6 Å². The van der Waals surface area contributed by atoms with Gasteiger partial charge in [-0.1, -0.05) is 18.5 Å². The molecule has 2 saturated carbocycles. The molecular formula is C16H21ClN2O. The maximum Gasteiger partial charge on any atom is 0.251 e. The molecule has 0 spiro atoms. The van der Waals surface area contributed by atoms with Gasteiger partial charge in [-0.05, 0) is 61.3 Å². The first-order valence-corrected chi connectivity index (χ1v) is 7.80. The van der Waals surface area contributed by atoms with Crippen molar-refractivity contribution in [1.82, 2.24) is 5.32 Å². The molecule has 3 nitrogen and oxygen atoms in total. The van der Waals surface area contributed by atoms with Gasteiger partial charge in [-0.2, -0.15) is 0 Å². The summed E-state index contributed by atoms with van der Waals surface area (Å²) in [4.78, 5) is 12.3. The lowest BCUT2D eigenvalue weighted by Gasteiger charge is -2.20. The fraction of sp³-hybridized carbons (Fsp3) is 0.562. The lowest BCUT2D eigenvalue weighted by molar-refractivity contribution is 0.0927. The molecule has 0 saturated heterocycles. The molecule has 0 aromatic heterocycles. The molecular weight excluding hydrogens is 272 g/mol. The number of nitrogens with one attached hydrogen (secondary N) is 1. The molecule has 2 aliphatic carbocycles. The maximum atomic E-state index is 12.3. The van der Waals surface area contributed by atoms with Crippen molar-refractivity contribution in [3.05, 3.63) is 34.9 Å². The largest absolute Gasteiger partial charge is 0.349 e. The molecule has 1 aromatic rings. The molecule has 0 aliphatic heterocycles. The zero-order valence-electron chi connectivity index (χ0n) is 11.7. The fourth-order valence-electron chi connectivity index (χ4n) is 3.85. The zero-order chi connectivity index (χ0) is 14.3. The summed E-state index contributed by atoms with van der Waals surface area (Å²) in [6.45, 7) is 2.14. The molecule has 2 unspecified atom stereocenters. The van der Waals surface area contributed by atoms with Crippen molar-refractivity contribution in [3.63, 3.8) is 0 Å². The third-order valence-corrected chi connectivity index (χ3v) is 5.13. The minimum atomic E-state index is 0.00258. The maximum absolute atomic E-state index is 12.3. The average Bonchev–Trinajstić information content (AvgIpc) is 2.92. The highest BCUT2D eigenvalue weighted by atomic mass is 35.5. The molecule has 3 rings (SSSR count). The zero-order valence-corrected chi connectivity index (χ0v) is 12.4. The third-order valence-electron chi connectivity index (χ3n) is 4.88. The van der Waals surface area contributed by atoms with Crippen LogP contribution in [0.5, 0.6) is 0 Å². The van der Waals surface area contributed by atoms with Crippen molar-refractivity contribution in [2.24, 2.45) is 23.5 Å². The Morgan fingerprint density at radius 1 is 1.35 bits per heavy atom. The number of carbonyl (C=O) groups is 1. The highest BCUT2D eigenvalue weighted by Crippen LogP contribution is 2.58. The molecule has 2 fully saturated rings. The molecule has 1 aromatic carbocycles. The molecule has 20 heavy (non-hydrogen) atoms. The minimum Gasteiger partial charge on any atom is -0.349 e. The smallest absolute Gasteiger partial charge is 0.251 e. The second kappa shape index (κ2) is 5.38. The van der Waals surface area contributed by atoms with Crippen molar-refractivity contribution < 1.29 is 4.79 Å². The van der Waals surface area contributed by atoms with Gasteiger partial charge >= 0.3 is 0 Å². The number of fused-ring (bicyclic) bond motifs is 1. The van der Waals surface area contributed by atoms with Gasteiger partial charge < -0.3 is 11.1 Å². The summed E-state index contributed by atoms with van der Waals surface area (Å²) in [7, 11) is 0. The number of amides is 1. The van der Waals surface area contributed by atoms with Crippen molar-refractivity contribution in [1.29, 1.82) is 0 Å². The Balaban J connectivity index is 1.61. The Kier molecular flexibility index (Phi) is 3.74. The van der Waals surface area contributed by atoms with Crippen LogP contribution in [0.3, 0.4) is 0 Å². The van der Waals surface area contributed by atoms with Gasteiger partial charge in [0.1, 0.15) is 0 Å². The molecule has 0 bridgehead atoms. The summed E-state index contributed by atoms with van der Waals surface area (Å²) in [6.07, 6.45) is 3.23. The van der Waals surface area contributed by atoms with Gasteiger partial charge in [0.15, 0.2) is 0 Å². The second-order valence-electron chi connectivity index (χ2n) is 6.13. The van der Waals surface area contributed by atoms with E-state index in [1.54, 1.807) is 24.3 Å². The van der Waals surface area contributed by atoms with E-state index in [9.17, 15) is 4.79 Å². The van der Waals surface area contributed by atoms with E-state index in [2.05, 4.69) is 12.2 Å². The van der Waals surface area contributed by atoms with Gasteiger partial charge in [0.2, 0.25) is 0 Å². The van der Waals surface area contributed by atoms with Gasteiger partial charge in [-0.3, -0.25) is 4.79 Å². The summed E-state index contributed by atoms with van der Waals surface area (Å²) < 4.78 is 0. The Morgan fingerprint density at radius 2 is 1.95 bits per heavy atom. The van der Waals surface area contributed by atoms with Crippen LogP contribution in [0.25, 0.3) is 0 Å². The first kappa shape index (κ1) is 13.9. The van der Waals surface area contributed by atoms with Gasteiger partial charge in [-0.15, -0.1) is 0 Å². The van der Waals surface area contributed by atoms with E-state index in [4.69, 9.17) is 17.3 Å². The predicted octanol–water partition coefficient (Wildman–Crippen LogP) is 2.83. The van der Waals surface area contributed by atoms with E-state index < -0.39 is 0 Å². The number of benzene rings is 1. The lowest BCUT2D eigenvalue weighted by atomic mass is 9.99. The SMILES string of the molecule is CC[C@@H](NC(=O)c1ccc(Cl)cc1)C1[C@H]2CC(N)C[C@@H]12. The van der Waals surface area contributed by atoms with Gasteiger partial charge in [-0.25, -0.2) is 0 Å². The molecule has 108 valence electrons. The Bertz CT molecular complexity index is 490. The number of rotatable bonds is 4. The van der Waals surface area contributed by atoms with E-state index in [0.717, 1.165) is 31.1 Å². The van der Waals surface area contributed by atoms with Crippen molar-refractivity contribution in [2.45, 2.75) is 38.3 Å². The molecule has 0 radical (unpaired) electrons. The monoisotopic (exact) mass is 292 g/mol. The summed E-state index contributed by atoms with van der Waals surface area (Å²) in [5, 5.41) is 3.84. The number of carbonyl (C=O) groups excluding carboxylic acids is 1. The number of nitrogens with two attached hydrogens (primary N) is 1. The van der Waals surface area contributed by atoms with Gasteiger partial charge in [0, 0.05) is 22.7 Å². The summed E-state index contributed by atoms with van der Waals surface area (Å²) >= 11 is 5.84. The van der Waals surface area contributed by atoms with Gasteiger partial charge in [0.25, 0.3) is 5.91 Å². The average molecular weight is 293 g/mol. The van der Waals surface area contributed by atoms with Crippen LogP contribution in [-0.2, 0) is 0 Å². The standard InChI is InChI=1S/C16H21ClN2O/c1-2-14(15-12-7-11(18)8-13(12)15)19-16(20)9-3-5-10(17)6-4-9/h3-6,11-15H,2,7-8,18H2,1H3,(H,19,20)/t11?,12-,13+,14-,15?/m1/s1. The number of halogens is 1. The minimum absolute atomic E-state index is 0.00258. The summed E-state index contributed by atoms with van der Waals surface area (Å²) in [5.41, 5.74) is 6.64. The van der Waals surface area contributed by atoms with Crippen molar-refractivity contribution in [2.75, 3.05) is 0 Å².